The normalized spacial score (nSPS) is 40.6. The third-order valence-corrected chi connectivity index (χ3v) is 11.2. The Hall–Kier alpha value is -1.31. The van der Waals surface area contributed by atoms with Gasteiger partial charge < -0.3 is 4.74 Å². The number of hydrogen-bond donors (Lipinski definition) is 0. The number of hydrogen-bond acceptors (Lipinski definition) is 2. The van der Waals surface area contributed by atoms with E-state index >= 15 is 0 Å². The van der Waals surface area contributed by atoms with Gasteiger partial charge in [-0.1, -0.05) is 90.8 Å². The number of carbonyl (C=O) groups is 1. The smallest absolute Gasteiger partial charge is 0.302 e. The maximum atomic E-state index is 11.8. The molecule has 0 radical (unpaired) electrons. The van der Waals surface area contributed by atoms with Gasteiger partial charge in [-0.3, -0.25) is 4.79 Å². The van der Waals surface area contributed by atoms with E-state index in [1.54, 1.807) is 12.5 Å². The van der Waals surface area contributed by atoms with Crippen LogP contribution in [0.15, 0.2) is 35.5 Å². The van der Waals surface area contributed by atoms with Gasteiger partial charge in [0.15, 0.2) is 0 Å². The minimum absolute atomic E-state index is 0.00939. The second kappa shape index (κ2) is 8.97. The minimum atomic E-state index is -0.147. The zero-order valence-electron chi connectivity index (χ0n) is 23.4. The summed E-state index contributed by atoms with van der Waals surface area (Å²) in [5.41, 5.74) is 3.77. The molecule has 4 rings (SSSR count). The Balaban J connectivity index is 1.61. The maximum absolute atomic E-state index is 11.8. The lowest BCUT2D eigenvalue weighted by atomic mass is 9.47. The zero-order valence-corrected chi connectivity index (χ0v) is 23.4. The van der Waals surface area contributed by atoms with Gasteiger partial charge in [-0.15, -0.1) is 0 Å². The Morgan fingerprint density at radius 2 is 1.65 bits per heavy atom. The average Bonchev–Trinajstić information content (AvgIpc) is 3.11. The third-order valence-electron chi connectivity index (χ3n) is 11.2. The van der Waals surface area contributed by atoms with Crippen LogP contribution in [0, 0.1) is 51.8 Å². The van der Waals surface area contributed by atoms with Gasteiger partial charge in [0.2, 0.25) is 0 Å². The molecule has 0 heterocycles. The van der Waals surface area contributed by atoms with E-state index in [1.807, 2.05) is 0 Å². The van der Waals surface area contributed by atoms with Crippen molar-refractivity contribution in [3.8, 4) is 0 Å². The van der Waals surface area contributed by atoms with Crippen LogP contribution in [0.2, 0.25) is 0 Å². The summed E-state index contributed by atoms with van der Waals surface area (Å²) in [6.45, 7) is 20.8. The molecule has 4 aliphatic carbocycles. The van der Waals surface area contributed by atoms with Crippen LogP contribution in [0.4, 0.5) is 0 Å². The number of fused-ring (bicyclic) bond motifs is 5. The van der Waals surface area contributed by atoms with E-state index < -0.39 is 0 Å². The number of ether oxygens (including phenoxy) is 1. The molecule has 3 saturated carbocycles. The molecule has 2 heteroatoms. The molecule has 0 aromatic rings. The second-order valence-corrected chi connectivity index (χ2v) is 13.7. The number of carbonyl (C=O) groups excluding carboxylic acids is 1. The fourth-order valence-corrected chi connectivity index (χ4v) is 8.71. The second-order valence-electron chi connectivity index (χ2n) is 13.7. The van der Waals surface area contributed by atoms with Crippen molar-refractivity contribution in [2.45, 2.75) is 107 Å². The van der Waals surface area contributed by atoms with Gasteiger partial charge in [0.1, 0.15) is 6.10 Å². The van der Waals surface area contributed by atoms with Gasteiger partial charge in [-0.2, -0.15) is 0 Å². The molecule has 0 saturated heterocycles. The molecule has 0 aromatic carbocycles. The van der Waals surface area contributed by atoms with Crippen molar-refractivity contribution in [3.05, 3.63) is 35.5 Å². The summed E-state index contributed by atoms with van der Waals surface area (Å²) in [6, 6.07) is 0. The number of allylic oxidation sites excluding steroid dienone is 5. The Morgan fingerprint density at radius 3 is 2.29 bits per heavy atom. The molecule has 2 nitrogen and oxygen atoms in total. The maximum Gasteiger partial charge on any atom is 0.302 e. The topological polar surface area (TPSA) is 26.3 Å². The predicted molar refractivity (Wildman–Crippen MR) is 142 cm³/mol. The van der Waals surface area contributed by atoms with Crippen molar-refractivity contribution in [1.82, 2.24) is 0 Å². The van der Waals surface area contributed by atoms with E-state index in [9.17, 15) is 4.79 Å². The lowest BCUT2D eigenvalue weighted by Crippen LogP contribution is -2.52. The third kappa shape index (κ3) is 4.05. The Kier molecular flexibility index (Phi) is 6.80. The summed E-state index contributed by atoms with van der Waals surface area (Å²) in [6.07, 6.45) is 17.4. The van der Waals surface area contributed by atoms with Gasteiger partial charge in [0.05, 0.1) is 0 Å². The van der Waals surface area contributed by atoms with Crippen LogP contribution in [-0.4, -0.2) is 12.1 Å². The predicted octanol–water partition coefficient (Wildman–Crippen LogP) is 8.54. The van der Waals surface area contributed by atoms with E-state index in [2.05, 4.69) is 79.7 Å². The van der Waals surface area contributed by atoms with Crippen molar-refractivity contribution in [2.75, 3.05) is 0 Å². The molecule has 0 N–H and O–H groups in total. The highest BCUT2D eigenvalue weighted by atomic mass is 16.5. The minimum Gasteiger partial charge on any atom is -0.462 e. The van der Waals surface area contributed by atoms with Crippen LogP contribution >= 0.6 is 0 Å². The van der Waals surface area contributed by atoms with E-state index in [4.69, 9.17) is 4.74 Å². The highest BCUT2D eigenvalue weighted by Crippen LogP contribution is 2.67. The largest absolute Gasteiger partial charge is 0.462 e. The van der Waals surface area contributed by atoms with Crippen LogP contribution in [0.25, 0.3) is 0 Å². The van der Waals surface area contributed by atoms with Crippen LogP contribution in [0.5, 0.6) is 0 Å². The number of rotatable bonds is 5. The molecular formula is C32H50O2. The Labute approximate surface area is 209 Å². The van der Waals surface area contributed by atoms with Crippen LogP contribution in [0.3, 0.4) is 0 Å². The fraction of sp³-hybridized carbons (Fsp3) is 0.781. The molecule has 0 unspecified atom stereocenters. The molecule has 34 heavy (non-hydrogen) atoms. The van der Waals surface area contributed by atoms with Gasteiger partial charge in [0, 0.05) is 12.3 Å². The van der Waals surface area contributed by atoms with E-state index in [0.29, 0.717) is 29.1 Å². The summed E-state index contributed by atoms with van der Waals surface area (Å²) in [4.78, 5) is 11.8. The van der Waals surface area contributed by atoms with Gasteiger partial charge >= 0.3 is 5.97 Å². The first kappa shape index (κ1) is 25.8. The van der Waals surface area contributed by atoms with E-state index in [-0.39, 0.29) is 22.9 Å². The summed E-state index contributed by atoms with van der Waals surface area (Å²) >= 11 is 0. The molecule has 0 amide bonds. The lowest BCUT2D eigenvalue weighted by Gasteiger charge is -2.58. The van der Waals surface area contributed by atoms with E-state index in [0.717, 1.165) is 24.7 Å². The van der Waals surface area contributed by atoms with Crippen molar-refractivity contribution in [2.24, 2.45) is 51.8 Å². The van der Waals surface area contributed by atoms with E-state index in [1.165, 1.54) is 31.3 Å². The molecule has 4 aliphatic rings. The highest BCUT2D eigenvalue weighted by Gasteiger charge is 2.59. The van der Waals surface area contributed by atoms with Gasteiger partial charge in [-0.25, -0.2) is 0 Å². The van der Waals surface area contributed by atoms with Crippen LogP contribution < -0.4 is 0 Å². The fourth-order valence-electron chi connectivity index (χ4n) is 8.71. The molecule has 0 aliphatic heterocycles. The first-order valence-corrected chi connectivity index (χ1v) is 14.1. The first-order valence-electron chi connectivity index (χ1n) is 14.1. The monoisotopic (exact) mass is 466 g/mol. The van der Waals surface area contributed by atoms with Gasteiger partial charge in [-0.05, 0) is 84.9 Å². The first-order chi connectivity index (χ1) is 15.8. The summed E-state index contributed by atoms with van der Waals surface area (Å²) in [5, 5.41) is 0. The molecule has 3 fully saturated rings. The van der Waals surface area contributed by atoms with Gasteiger partial charge in [0.25, 0.3) is 0 Å². The molecule has 0 bridgehead atoms. The van der Waals surface area contributed by atoms with Crippen LogP contribution in [-0.2, 0) is 9.53 Å². The molecular weight excluding hydrogens is 416 g/mol. The number of esters is 1. The van der Waals surface area contributed by atoms with Crippen LogP contribution in [0.1, 0.15) is 101 Å². The van der Waals surface area contributed by atoms with Crippen molar-refractivity contribution < 1.29 is 9.53 Å². The Bertz CT molecular complexity index is 889. The van der Waals surface area contributed by atoms with Crippen molar-refractivity contribution >= 4 is 5.97 Å². The van der Waals surface area contributed by atoms with Crippen molar-refractivity contribution in [1.29, 1.82) is 0 Å². The highest BCUT2D eigenvalue weighted by molar-refractivity contribution is 5.66. The zero-order chi connectivity index (χ0) is 25.1. The quantitative estimate of drug-likeness (QED) is 0.300. The SMILES string of the molecule is CC(=O)O[C@H]1CC[C@@]2(C)C(=CC=C3[C@H]2CC[C@@]2(C)[C@H]3CC[C@H]2[C@H](C)/C=C/[C@@H](C)C(C)C)C1(C)C. The standard InChI is InChI=1S/C32H50O2/c1-20(2)21(3)10-11-22(4)25-13-14-26-24-12-15-28-30(6,7)29(34-23(5)33)17-19-32(28,9)27(24)16-18-31(25,26)8/h10-12,15,20-22,25-27,29H,13-14,16-19H2,1-9H3/b11-10+/t21-,22-,25+,26+,27-,29+,31-,32-/m1/s1. The molecule has 0 aromatic heterocycles. The molecule has 0 spiro atoms. The average molecular weight is 467 g/mol. The summed E-state index contributed by atoms with van der Waals surface area (Å²) in [5.74, 6) is 4.01. The summed E-state index contributed by atoms with van der Waals surface area (Å²) in [7, 11) is 0. The molecule has 8 atom stereocenters. The summed E-state index contributed by atoms with van der Waals surface area (Å²) < 4.78 is 5.81. The molecule has 190 valence electrons. The lowest BCUT2D eigenvalue weighted by molar-refractivity contribution is -0.155. The Morgan fingerprint density at radius 1 is 0.941 bits per heavy atom. The van der Waals surface area contributed by atoms with Crippen molar-refractivity contribution in [3.63, 3.8) is 0 Å².